The summed E-state index contributed by atoms with van der Waals surface area (Å²) in [5, 5.41) is 9.96. The van der Waals surface area contributed by atoms with Crippen LogP contribution in [0, 0.1) is 12.7 Å². The highest BCUT2D eigenvalue weighted by molar-refractivity contribution is 5.89. The van der Waals surface area contributed by atoms with Gasteiger partial charge in [0.05, 0.1) is 18.1 Å². The molecule has 0 aliphatic heterocycles. The van der Waals surface area contributed by atoms with E-state index in [0.29, 0.717) is 36.0 Å². The van der Waals surface area contributed by atoms with Crippen molar-refractivity contribution in [1.82, 2.24) is 0 Å². The van der Waals surface area contributed by atoms with E-state index in [1.165, 1.54) is 13.2 Å². The molecule has 2 aromatic rings. The van der Waals surface area contributed by atoms with E-state index in [-0.39, 0.29) is 11.7 Å². The van der Waals surface area contributed by atoms with Gasteiger partial charge >= 0.3 is 11.9 Å². The zero-order chi connectivity index (χ0) is 18.9. The summed E-state index contributed by atoms with van der Waals surface area (Å²) in [5.74, 6) is -1.66. The molecule has 1 N–H and O–H groups in total. The van der Waals surface area contributed by atoms with Crippen LogP contribution in [0.1, 0.15) is 52.2 Å². The minimum absolute atomic E-state index is 0.0421. The Labute approximate surface area is 151 Å². The third kappa shape index (κ3) is 2.98. The maximum absolute atomic E-state index is 14.0. The Bertz CT molecular complexity index is 844. The zero-order valence-electron chi connectivity index (χ0n) is 14.8. The van der Waals surface area contributed by atoms with E-state index in [2.05, 4.69) is 0 Å². The number of rotatable bonds is 4. The summed E-state index contributed by atoms with van der Waals surface area (Å²) in [5.41, 5.74) is 1.31. The van der Waals surface area contributed by atoms with Gasteiger partial charge in [0.25, 0.3) is 0 Å². The Morgan fingerprint density at radius 2 is 1.88 bits per heavy atom. The smallest absolute Gasteiger partial charge is 0.337 e. The first-order chi connectivity index (χ1) is 12.4. The Kier molecular flexibility index (Phi) is 4.81. The number of esters is 1. The number of carboxylic acid groups (broad SMARTS) is 1. The van der Waals surface area contributed by atoms with Crippen molar-refractivity contribution in [2.45, 2.75) is 37.5 Å². The lowest BCUT2D eigenvalue weighted by molar-refractivity contribution is -0.143. The van der Waals surface area contributed by atoms with Crippen molar-refractivity contribution in [2.75, 3.05) is 7.11 Å². The molecule has 136 valence electrons. The van der Waals surface area contributed by atoms with Gasteiger partial charge in [0.1, 0.15) is 5.82 Å². The highest BCUT2D eigenvalue weighted by Crippen LogP contribution is 2.49. The molecule has 0 radical (unpaired) electrons. The maximum Gasteiger partial charge on any atom is 0.337 e. The van der Waals surface area contributed by atoms with Crippen LogP contribution in [0.15, 0.2) is 42.5 Å². The summed E-state index contributed by atoms with van der Waals surface area (Å²) >= 11 is 0. The van der Waals surface area contributed by atoms with Gasteiger partial charge < -0.3 is 9.84 Å². The van der Waals surface area contributed by atoms with Gasteiger partial charge in [-0.15, -0.1) is 0 Å². The monoisotopic (exact) mass is 356 g/mol. The normalized spacial score (nSPS) is 22.2. The molecule has 2 aromatic carbocycles. The summed E-state index contributed by atoms with van der Waals surface area (Å²) in [7, 11) is 1.33. The van der Waals surface area contributed by atoms with E-state index in [0.717, 1.165) is 5.56 Å². The van der Waals surface area contributed by atoms with Gasteiger partial charge in [-0.25, -0.2) is 9.18 Å². The Morgan fingerprint density at radius 1 is 1.19 bits per heavy atom. The molecule has 0 saturated heterocycles. The second-order valence-corrected chi connectivity index (χ2v) is 6.85. The molecule has 5 heteroatoms. The Hall–Kier alpha value is -2.69. The minimum Gasteiger partial charge on any atom is -0.481 e. The average molecular weight is 356 g/mol. The lowest BCUT2D eigenvalue weighted by Gasteiger charge is -2.27. The molecule has 1 fully saturated rings. The summed E-state index contributed by atoms with van der Waals surface area (Å²) in [6.07, 6.45) is 1.56. The van der Waals surface area contributed by atoms with Crippen LogP contribution < -0.4 is 0 Å². The second kappa shape index (κ2) is 6.90. The fourth-order valence-corrected chi connectivity index (χ4v) is 4.02. The first-order valence-corrected chi connectivity index (χ1v) is 8.56. The van der Waals surface area contributed by atoms with Gasteiger partial charge in [0, 0.05) is 0 Å². The Balaban J connectivity index is 1.92. The van der Waals surface area contributed by atoms with Crippen LogP contribution in [0.5, 0.6) is 0 Å². The maximum atomic E-state index is 14.0. The van der Waals surface area contributed by atoms with Crippen molar-refractivity contribution in [2.24, 2.45) is 0 Å². The topological polar surface area (TPSA) is 63.6 Å². The average Bonchev–Trinajstić information content (AvgIpc) is 3.10. The van der Waals surface area contributed by atoms with E-state index in [4.69, 9.17) is 4.74 Å². The molecule has 2 unspecified atom stereocenters. The van der Waals surface area contributed by atoms with Crippen LogP contribution in [0.2, 0.25) is 0 Å². The molecule has 0 aromatic heterocycles. The van der Waals surface area contributed by atoms with Gasteiger partial charge in [0.2, 0.25) is 0 Å². The number of halogens is 1. The second-order valence-electron chi connectivity index (χ2n) is 6.85. The van der Waals surface area contributed by atoms with E-state index in [1.54, 1.807) is 31.2 Å². The molecule has 0 bridgehead atoms. The number of hydrogen-bond acceptors (Lipinski definition) is 3. The first-order valence-electron chi connectivity index (χ1n) is 8.56. The predicted octanol–water partition coefficient (Wildman–Crippen LogP) is 4.21. The van der Waals surface area contributed by atoms with Crippen molar-refractivity contribution >= 4 is 11.9 Å². The van der Waals surface area contributed by atoms with Crippen LogP contribution in [-0.4, -0.2) is 24.2 Å². The standard InChI is InChI=1S/C21H21FO4/c1-13-17(4-3-5-18(13)22)21(20(24)25)11-10-16(12-21)14-6-8-15(9-7-14)19(23)26-2/h3-9,16H,10-12H2,1-2H3,(H,24,25). The van der Waals surface area contributed by atoms with Crippen LogP contribution in [-0.2, 0) is 14.9 Å². The van der Waals surface area contributed by atoms with Crippen molar-refractivity contribution < 1.29 is 23.8 Å². The molecule has 1 aliphatic carbocycles. The van der Waals surface area contributed by atoms with Gasteiger partial charge in [-0.3, -0.25) is 4.79 Å². The largest absolute Gasteiger partial charge is 0.481 e. The van der Waals surface area contributed by atoms with Crippen molar-refractivity contribution in [3.05, 3.63) is 70.5 Å². The number of hydrogen-bond donors (Lipinski definition) is 1. The van der Waals surface area contributed by atoms with Crippen LogP contribution >= 0.6 is 0 Å². The number of benzene rings is 2. The quantitative estimate of drug-likeness (QED) is 0.834. The minimum atomic E-state index is -1.09. The fraction of sp³-hybridized carbons (Fsp3) is 0.333. The van der Waals surface area contributed by atoms with Gasteiger partial charge in [-0.2, -0.15) is 0 Å². The van der Waals surface area contributed by atoms with Gasteiger partial charge in [-0.05, 0) is 67.0 Å². The summed E-state index contributed by atoms with van der Waals surface area (Å²) in [4.78, 5) is 23.7. The van der Waals surface area contributed by atoms with Crippen LogP contribution in [0.4, 0.5) is 4.39 Å². The fourth-order valence-electron chi connectivity index (χ4n) is 4.02. The summed E-state index contributed by atoms with van der Waals surface area (Å²) in [6, 6.07) is 11.7. The van der Waals surface area contributed by atoms with Gasteiger partial charge in [-0.1, -0.05) is 24.3 Å². The van der Waals surface area contributed by atoms with E-state index >= 15 is 0 Å². The number of methoxy groups -OCH3 is 1. The van der Waals surface area contributed by atoms with Gasteiger partial charge in [0.15, 0.2) is 0 Å². The number of carboxylic acids is 1. The summed E-state index contributed by atoms with van der Waals surface area (Å²) in [6.45, 7) is 1.63. The zero-order valence-corrected chi connectivity index (χ0v) is 14.8. The lowest BCUT2D eigenvalue weighted by atomic mass is 9.75. The molecule has 3 rings (SSSR count). The highest BCUT2D eigenvalue weighted by Gasteiger charge is 2.48. The molecule has 1 aliphatic rings. The number of carbonyl (C=O) groups is 2. The molecule has 2 atom stereocenters. The third-order valence-electron chi connectivity index (χ3n) is 5.51. The molecule has 0 heterocycles. The summed E-state index contributed by atoms with van der Waals surface area (Å²) < 4.78 is 18.7. The van der Waals surface area contributed by atoms with E-state index < -0.39 is 17.4 Å². The number of ether oxygens (including phenoxy) is 1. The van der Waals surface area contributed by atoms with E-state index in [9.17, 15) is 19.1 Å². The molecular weight excluding hydrogens is 335 g/mol. The molecule has 4 nitrogen and oxygen atoms in total. The van der Waals surface area contributed by atoms with Crippen LogP contribution in [0.3, 0.4) is 0 Å². The molecule has 0 spiro atoms. The Morgan fingerprint density at radius 3 is 2.50 bits per heavy atom. The SMILES string of the molecule is COC(=O)c1ccc(C2CCC(C(=O)O)(c3cccc(F)c3C)C2)cc1. The molecule has 0 amide bonds. The first kappa shape index (κ1) is 18.1. The van der Waals surface area contributed by atoms with Crippen LogP contribution in [0.25, 0.3) is 0 Å². The predicted molar refractivity (Wildman–Crippen MR) is 94.8 cm³/mol. The van der Waals surface area contributed by atoms with Crippen molar-refractivity contribution in [3.8, 4) is 0 Å². The lowest BCUT2D eigenvalue weighted by Crippen LogP contribution is -2.34. The highest BCUT2D eigenvalue weighted by atomic mass is 19.1. The van der Waals surface area contributed by atoms with Crippen molar-refractivity contribution in [3.63, 3.8) is 0 Å². The van der Waals surface area contributed by atoms with Crippen molar-refractivity contribution in [1.29, 1.82) is 0 Å². The molecular formula is C21H21FO4. The molecule has 26 heavy (non-hydrogen) atoms. The number of aliphatic carboxylic acids is 1. The van der Waals surface area contributed by atoms with E-state index in [1.807, 2.05) is 12.1 Å². The number of carbonyl (C=O) groups excluding carboxylic acids is 1. The third-order valence-corrected chi connectivity index (χ3v) is 5.51. The molecule has 1 saturated carbocycles.